The normalized spacial score (nSPS) is 10.6. The number of methoxy groups -OCH3 is 1. The van der Waals surface area contributed by atoms with Crippen molar-refractivity contribution in [3.63, 3.8) is 0 Å². The third kappa shape index (κ3) is 4.36. The molecule has 4 rings (SSSR count). The summed E-state index contributed by atoms with van der Waals surface area (Å²) in [6.45, 7) is 0.429. The molecule has 0 aliphatic rings. The van der Waals surface area contributed by atoms with Gasteiger partial charge in [-0.2, -0.15) is 5.10 Å². The second-order valence-corrected chi connectivity index (χ2v) is 7.14. The Morgan fingerprint density at radius 3 is 2.47 bits per heavy atom. The summed E-state index contributed by atoms with van der Waals surface area (Å²) in [4.78, 5) is 13.0. The summed E-state index contributed by atoms with van der Waals surface area (Å²) in [5.41, 5.74) is 3.73. The van der Waals surface area contributed by atoms with Gasteiger partial charge in [-0.3, -0.25) is 4.79 Å². The van der Waals surface area contributed by atoms with Crippen LogP contribution in [0.2, 0.25) is 5.02 Å². The molecule has 3 aromatic carbocycles. The van der Waals surface area contributed by atoms with Gasteiger partial charge >= 0.3 is 0 Å². The molecule has 1 N–H and O–H groups in total. The van der Waals surface area contributed by atoms with Gasteiger partial charge < -0.3 is 10.1 Å². The van der Waals surface area contributed by atoms with Gasteiger partial charge in [0.2, 0.25) is 0 Å². The fourth-order valence-corrected chi connectivity index (χ4v) is 3.30. The molecule has 5 nitrogen and oxygen atoms in total. The Balaban J connectivity index is 1.69. The highest BCUT2D eigenvalue weighted by Crippen LogP contribution is 2.25. The van der Waals surface area contributed by atoms with Crippen LogP contribution < -0.4 is 10.1 Å². The largest absolute Gasteiger partial charge is 0.497 e. The molecule has 6 heteroatoms. The van der Waals surface area contributed by atoms with Crippen LogP contribution in [0.15, 0.2) is 84.9 Å². The van der Waals surface area contributed by atoms with Crippen molar-refractivity contribution in [2.24, 2.45) is 0 Å². The average molecular weight is 418 g/mol. The average Bonchev–Trinajstić information content (AvgIpc) is 3.24. The second kappa shape index (κ2) is 8.84. The lowest BCUT2D eigenvalue weighted by Gasteiger charge is -2.09. The van der Waals surface area contributed by atoms with Gasteiger partial charge in [0.15, 0.2) is 0 Å². The van der Waals surface area contributed by atoms with Crippen molar-refractivity contribution < 1.29 is 9.53 Å². The first-order valence-electron chi connectivity index (χ1n) is 9.46. The molecule has 0 radical (unpaired) electrons. The Bertz CT molecular complexity index is 1150. The Morgan fingerprint density at radius 1 is 1.00 bits per heavy atom. The van der Waals surface area contributed by atoms with Crippen LogP contribution in [0.25, 0.3) is 16.9 Å². The molecule has 0 saturated carbocycles. The number of benzene rings is 3. The van der Waals surface area contributed by atoms with Gasteiger partial charge in [0.1, 0.15) is 11.4 Å². The fraction of sp³-hybridized carbons (Fsp3) is 0.0833. The van der Waals surface area contributed by atoms with E-state index in [-0.39, 0.29) is 5.91 Å². The minimum absolute atomic E-state index is 0.217. The predicted molar refractivity (Wildman–Crippen MR) is 118 cm³/mol. The number of nitrogens with one attached hydrogen (secondary N) is 1. The first-order chi connectivity index (χ1) is 14.6. The molecule has 0 fully saturated rings. The van der Waals surface area contributed by atoms with Crippen molar-refractivity contribution in [3.05, 3.63) is 101 Å². The summed E-state index contributed by atoms with van der Waals surface area (Å²) in [6.07, 6.45) is 0. The lowest BCUT2D eigenvalue weighted by molar-refractivity contribution is 0.0943. The van der Waals surface area contributed by atoms with Crippen LogP contribution in [0.3, 0.4) is 0 Å². The number of carbonyl (C=O) groups is 1. The number of carbonyl (C=O) groups excluding carboxylic acids is 1. The number of hydrogen-bond acceptors (Lipinski definition) is 3. The predicted octanol–water partition coefficient (Wildman–Crippen LogP) is 5.13. The molecule has 4 aromatic rings. The summed E-state index contributed by atoms with van der Waals surface area (Å²) in [7, 11) is 1.62. The highest BCUT2D eigenvalue weighted by molar-refractivity contribution is 6.30. The Hall–Kier alpha value is -3.57. The number of ether oxygens (including phenoxy) is 1. The van der Waals surface area contributed by atoms with Crippen LogP contribution in [-0.2, 0) is 6.54 Å². The zero-order valence-electron chi connectivity index (χ0n) is 16.4. The van der Waals surface area contributed by atoms with E-state index in [1.807, 2.05) is 66.7 Å². The maximum atomic E-state index is 13.0. The van der Waals surface area contributed by atoms with Crippen molar-refractivity contribution in [1.29, 1.82) is 0 Å². The number of halogens is 1. The maximum Gasteiger partial charge on any atom is 0.270 e. The Kier molecular flexibility index (Phi) is 5.82. The Labute approximate surface area is 179 Å². The third-order valence-corrected chi connectivity index (χ3v) is 4.91. The molecule has 150 valence electrons. The van der Waals surface area contributed by atoms with Crippen LogP contribution in [0.4, 0.5) is 0 Å². The van der Waals surface area contributed by atoms with Gasteiger partial charge in [-0.1, -0.05) is 48.0 Å². The van der Waals surface area contributed by atoms with Gasteiger partial charge in [-0.25, -0.2) is 4.68 Å². The van der Waals surface area contributed by atoms with E-state index in [1.54, 1.807) is 30.0 Å². The van der Waals surface area contributed by atoms with Crippen molar-refractivity contribution >= 4 is 17.5 Å². The molecule has 0 aliphatic heterocycles. The smallest absolute Gasteiger partial charge is 0.270 e. The van der Waals surface area contributed by atoms with Gasteiger partial charge in [0, 0.05) is 17.1 Å². The van der Waals surface area contributed by atoms with E-state index < -0.39 is 0 Å². The van der Waals surface area contributed by atoms with E-state index in [9.17, 15) is 4.79 Å². The molecule has 0 saturated heterocycles. The summed E-state index contributed by atoms with van der Waals surface area (Å²) in [6, 6.07) is 26.4. The minimum atomic E-state index is -0.217. The molecular weight excluding hydrogens is 398 g/mol. The zero-order valence-corrected chi connectivity index (χ0v) is 17.1. The molecular formula is C24H20ClN3O2. The lowest BCUT2D eigenvalue weighted by Crippen LogP contribution is -2.25. The number of rotatable bonds is 6. The van der Waals surface area contributed by atoms with Gasteiger partial charge in [0.05, 0.1) is 18.5 Å². The highest BCUT2D eigenvalue weighted by Gasteiger charge is 2.18. The molecule has 1 aromatic heterocycles. The highest BCUT2D eigenvalue weighted by atomic mass is 35.5. The van der Waals surface area contributed by atoms with E-state index in [1.165, 1.54) is 0 Å². The maximum absolute atomic E-state index is 13.0. The first-order valence-corrected chi connectivity index (χ1v) is 9.84. The molecule has 0 spiro atoms. The first kappa shape index (κ1) is 19.7. The molecule has 1 heterocycles. The number of hydrogen-bond donors (Lipinski definition) is 1. The second-order valence-electron chi connectivity index (χ2n) is 6.70. The summed E-state index contributed by atoms with van der Waals surface area (Å²) in [5, 5.41) is 8.22. The van der Waals surface area contributed by atoms with Crippen molar-refractivity contribution in [3.8, 4) is 22.7 Å². The zero-order chi connectivity index (χ0) is 20.9. The summed E-state index contributed by atoms with van der Waals surface area (Å²) in [5.74, 6) is 0.542. The van der Waals surface area contributed by atoms with Gasteiger partial charge in [-0.15, -0.1) is 0 Å². The molecule has 0 aliphatic carbocycles. The lowest BCUT2D eigenvalue weighted by atomic mass is 10.1. The van der Waals surface area contributed by atoms with Crippen molar-refractivity contribution in [2.75, 3.05) is 7.11 Å². The van der Waals surface area contributed by atoms with E-state index in [4.69, 9.17) is 16.3 Å². The quantitative estimate of drug-likeness (QED) is 0.473. The molecule has 0 atom stereocenters. The van der Waals surface area contributed by atoms with E-state index in [0.717, 1.165) is 16.9 Å². The van der Waals surface area contributed by atoms with Crippen molar-refractivity contribution in [2.45, 2.75) is 6.54 Å². The SMILES string of the molecule is COc1ccc(-c2cc(C(=O)NCc3ccccc3)n(-c3cccc(Cl)c3)n2)cc1. The molecule has 1 amide bonds. The number of nitrogens with zero attached hydrogens (tertiary/aromatic N) is 2. The molecule has 0 bridgehead atoms. The summed E-state index contributed by atoms with van der Waals surface area (Å²) < 4.78 is 6.84. The van der Waals surface area contributed by atoms with Crippen LogP contribution in [-0.4, -0.2) is 22.8 Å². The van der Waals surface area contributed by atoms with Gasteiger partial charge in [-0.05, 0) is 54.1 Å². The summed E-state index contributed by atoms with van der Waals surface area (Å²) >= 11 is 6.17. The number of amides is 1. The van der Waals surface area contributed by atoms with Crippen LogP contribution in [0.1, 0.15) is 16.1 Å². The monoisotopic (exact) mass is 417 g/mol. The van der Waals surface area contributed by atoms with Crippen LogP contribution in [0, 0.1) is 0 Å². The third-order valence-electron chi connectivity index (χ3n) is 4.68. The standard InChI is InChI=1S/C24H20ClN3O2/c1-30-21-12-10-18(11-13-21)22-15-23(24(29)26-16-17-6-3-2-4-7-17)28(27-22)20-9-5-8-19(25)14-20/h2-15H,16H2,1H3,(H,26,29). The van der Waals surface area contributed by atoms with Crippen LogP contribution in [0.5, 0.6) is 5.75 Å². The fourth-order valence-electron chi connectivity index (χ4n) is 3.12. The topological polar surface area (TPSA) is 56.1 Å². The molecule has 30 heavy (non-hydrogen) atoms. The van der Waals surface area contributed by atoms with E-state index in [2.05, 4.69) is 10.4 Å². The number of aromatic nitrogens is 2. The molecule has 0 unspecified atom stereocenters. The Morgan fingerprint density at radius 2 is 1.77 bits per heavy atom. The van der Waals surface area contributed by atoms with E-state index in [0.29, 0.717) is 28.6 Å². The minimum Gasteiger partial charge on any atom is -0.497 e. The van der Waals surface area contributed by atoms with E-state index >= 15 is 0 Å². The van der Waals surface area contributed by atoms with Gasteiger partial charge in [0.25, 0.3) is 5.91 Å². The van der Waals surface area contributed by atoms with Crippen molar-refractivity contribution in [1.82, 2.24) is 15.1 Å². The van der Waals surface area contributed by atoms with Crippen LogP contribution >= 0.6 is 11.6 Å².